The van der Waals surface area contributed by atoms with Crippen LogP contribution in [0.2, 0.25) is 0 Å². The van der Waals surface area contributed by atoms with Gasteiger partial charge in [-0.2, -0.15) is 0 Å². The lowest BCUT2D eigenvalue weighted by molar-refractivity contribution is -0.137. The van der Waals surface area contributed by atoms with Gasteiger partial charge in [-0.15, -0.1) is 0 Å². The molecule has 0 saturated heterocycles. The molecule has 0 radical (unpaired) electrons. The molecule has 0 saturated carbocycles. The van der Waals surface area contributed by atoms with Crippen molar-refractivity contribution in [3.8, 4) is 0 Å². The van der Waals surface area contributed by atoms with E-state index < -0.39 is 16.8 Å². The molecule has 98 valence electrons. The molecule has 0 heterocycles. The summed E-state index contributed by atoms with van der Waals surface area (Å²) in [7, 11) is -1.47. The second-order valence-electron chi connectivity index (χ2n) is 3.66. The normalized spacial score (nSPS) is 13.1. The second-order valence-corrected chi connectivity index (χ2v) is 5.11. The van der Waals surface area contributed by atoms with Crippen molar-refractivity contribution in [1.82, 2.24) is 0 Å². The van der Waals surface area contributed by atoms with E-state index in [4.69, 9.17) is 4.74 Å². The number of carbonyl (C=O) groups excluding carboxylic acids is 1. The fraction of sp³-hybridized carbons (Fsp3) is 0.357. The molecule has 4 heteroatoms. The predicted octanol–water partition coefficient (Wildman–Crippen LogP) is 3.04. The summed E-state index contributed by atoms with van der Waals surface area (Å²) in [6.07, 6.45) is 3.32. The fourth-order valence-electron chi connectivity index (χ4n) is 1.38. The average Bonchev–Trinajstić information content (AvgIpc) is 2.40. The van der Waals surface area contributed by atoms with Crippen LogP contribution in [0, 0.1) is 0 Å². The topological polar surface area (TPSA) is 43.4 Å². The first-order valence-corrected chi connectivity index (χ1v) is 7.19. The molecule has 0 aliphatic heterocycles. The van der Waals surface area contributed by atoms with Crippen LogP contribution in [-0.4, -0.2) is 16.8 Å². The number of rotatable bonds is 6. The highest BCUT2D eigenvalue weighted by Crippen LogP contribution is 2.16. The van der Waals surface area contributed by atoms with Crippen LogP contribution < -0.4 is 0 Å². The monoisotopic (exact) mass is 266 g/mol. The Labute approximate surface area is 110 Å². The summed E-state index contributed by atoms with van der Waals surface area (Å²) in [6.45, 7) is 4.03. The van der Waals surface area contributed by atoms with Gasteiger partial charge in [-0.25, -0.2) is 9.00 Å². The van der Waals surface area contributed by atoms with Gasteiger partial charge in [-0.3, -0.25) is 0 Å². The Morgan fingerprint density at radius 1 is 1.28 bits per heavy atom. The van der Waals surface area contributed by atoms with Gasteiger partial charge in [0.05, 0.1) is 17.4 Å². The highest BCUT2D eigenvalue weighted by Gasteiger charge is 2.18. The van der Waals surface area contributed by atoms with Crippen molar-refractivity contribution in [2.24, 2.45) is 0 Å². The van der Waals surface area contributed by atoms with Crippen molar-refractivity contribution in [2.45, 2.75) is 31.6 Å². The van der Waals surface area contributed by atoms with Crippen LogP contribution in [0.1, 0.15) is 26.7 Å². The molecule has 0 aliphatic carbocycles. The number of hydrogen-bond acceptors (Lipinski definition) is 3. The molecular weight excluding hydrogens is 248 g/mol. The summed E-state index contributed by atoms with van der Waals surface area (Å²) in [5.41, 5.74) is 0. The van der Waals surface area contributed by atoms with Crippen LogP contribution in [0.5, 0.6) is 0 Å². The minimum atomic E-state index is -1.47. The van der Waals surface area contributed by atoms with Crippen LogP contribution in [0.15, 0.2) is 46.2 Å². The van der Waals surface area contributed by atoms with Gasteiger partial charge in [0.15, 0.2) is 0 Å². The third kappa shape index (κ3) is 4.11. The van der Waals surface area contributed by atoms with Crippen LogP contribution in [-0.2, 0) is 20.3 Å². The second kappa shape index (κ2) is 7.82. The van der Waals surface area contributed by atoms with Crippen LogP contribution in [0.25, 0.3) is 0 Å². The summed E-state index contributed by atoms with van der Waals surface area (Å²) in [5, 5.41) is 0. The molecule has 0 spiro atoms. The van der Waals surface area contributed by atoms with E-state index in [-0.39, 0.29) is 11.5 Å². The maximum Gasteiger partial charge on any atom is 0.347 e. The molecule has 0 aliphatic rings. The summed E-state index contributed by atoms with van der Waals surface area (Å²) in [6, 6.07) is 8.94. The molecule has 0 fully saturated rings. The van der Waals surface area contributed by atoms with E-state index in [1.165, 1.54) is 0 Å². The highest BCUT2D eigenvalue weighted by atomic mass is 32.2. The molecule has 0 bridgehead atoms. The van der Waals surface area contributed by atoms with Gasteiger partial charge in [0.2, 0.25) is 0 Å². The van der Waals surface area contributed by atoms with Gasteiger partial charge >= 0.3 is 5.97 Å². The number of benzene rings is 1. The zero-order chi connectivity index (χ0) is 13.4. The van der Waals surface area contributed by atoms with E-state index >= 15 is 0 Å². The Hall–Kier alpha value is -1.42. The lowest BCUT2D eigenvalue weighted by Crippen LogP contribution is -2.12. The molecule has 18 heavy (non-hydrogen) atoms. The molecule has 3 nitrogen and oxygen atoms in total. The van der Waals surface area contributed by atoms with Crippen molar-refractivity contribution < 1.29 is 13.7 Å². The number of unbranched alkanes of at least 4 members (excludes halogenated alkanes) is 1. The summed E-state index contributed by atoms with van der Waals surface area (Å²) >= 11 is 0. The zero-order valence-electron chi connectivity index (χ0n) is 10.7. The van der Waals surface area contributed by atoms with E-state index in [2.05, 4.69) is 0 Å². The molecule has 0 aromatic heterocycles. The molecule has 1 aromatic carbocycles. The Bertz CT molecular complexity index is 438. The Kier molecular flexibility index (Phi) is 6.36. The van der Waals surface area contributed by atoms with Crippen LogP contribution in [0.3, 0.4) is 0 Å². The van der Waals surface area contributed by atoms with E-state index in [0.29, 0.717) is 11.3 Å². The van der Waals surface area contributed by atoms with Gasteiger partial charge in [0, 0.05) is 4.90 Å². The maximum atomic E-state index is 12.3. The fourth-order valence-corrected chi connectivity index (χ4v) is 2.52. The number of hydrogen-bond donors (Lipinski definition) is 0. The smallest absolute Gasteiger partial charge is 0.347 e. The molecule has 1 unspecified atom stereocenters. The van der Waals surface area contributed by atoms with Crippen molar-refractivity contribution in [2.75, 3.05) is 6.61 Å². The van der Waals surface area contributed by atoms with Gasteiger partial charge in [0.1, 0.15) is 4.91 Å². The van der Waals surface area contributed by atoms with Gasteiger partial charge < -0.3 is 4.74 Å². The van der Waals surface area contributed by atoms with Crippen molar-refractivity contribution in [3.63, 3.8) is 0 Å². The number of esters is 1. The molecule has 0 amide bonds. The summed E-state index contributed by atoms with van der Waals surface area (Å²) < 4.78 is 17.3. The van der Waals surface area contributed by atoms with E-state index in [9.17, 15) is 9.00 Å². The van der Waals surface area contributed by atoms with Gasteiger partial charge in [-0.05, 0) is 25.5 Å². The maximum absolute atomic E-state index is 12.3. The van der Waals surface area contributed by atoms with Crippen molar-refractivity contribution in [1.29, 1.82) is 0 Å². The lowest BCUT2D eigenvalue weighted by Gasteiger charge is -2.07. The molecule has 1 rings (SSSR count). The standard InChI is InChI=1S/C14H18O3S/c1-3-5-11-13(14(15)17-4-2)18(16)12-9-7-6-8-10-12/h6-11H,3-5H2,1-2H3/b13-11-. The first kappa shape index (κ1) is 14.6. The number of ether oxygens (including phenoxy) is 1. The lowest BCUT2D eigenvalue weighted by atomic mass is 10.3. The van der Waals surface area contributed by atoms with E-state index in [0.717, 1.165) is 6.42 Å². The highest BCUT2D eigenvalue weighted by molar-refractivity contribution is 7.90. The molecule has 1 atom stereocenters. The zero-order valence-corrected chi connectivity index (χ0v) is 11.5. The first-order chi connectivity index (χ1) is 8.70. The van der Waals surface area contributed by atoms with E-state index in [1.54, 1.807) is 37.3 Å². The number of carbonyl (C=O) groups is 1. The van der Waals surface area contributed by atoms with Crippen LogP contribution >= 0.6 is 0 Å². The van der Waals surface area contributed by atoms with Crippen molar-refractivity contribution in [3.05, 3.63) is 41.3 Å². The largest absolute Gasteiger partial charge is 0.462 e. The Balaban J connectivity index is 2.97. The average molecular weight is 266 g/mol. The minimum Gasteiger partial charge on any atom is -0.462 e. The molecular formula is C14H18O3S. The Morgan fingerprint density at radius 2 is 1.94 bits per heavy atom. The number of allylic oxidation sites excluding steroid dienone is 1. The predicted molar refractivity (Wildman–Crippen MR) is 72.5 cm³/mol. The third-order valence-electron chi connectivity index (χ3n) is 2.25. The quantitative estimate of drug-likeness (QED) is 0.587. The SMILES string of the molecule is CCC/C=C(/C(=O)OCC)S(=O)c1ccccc1. The Morgan fingerprint density at radius 3 is 2.50 bits per heavy atom. The van der Waals surface area contributed by atoms with Crippen molar-refractivity contribution >= 4 is 16.8 Å². The molecule has 1 aromatic rings. The minimum absolute atomic E-state index is 0.241. The summed E-state index contributed by atoms with van der Waals surface area (Å²) in [5.74, 6) is -0.492. The first-order valence-electron chi connectivity index (χ1n) is 6.04. The van der Waals surface area contributed by atoms with Crippen LogP contribution in [0.4, 0.5) is 0 Å². The summed E-state index contributed by atoms with van der Waals surface area (Å²) in [4.78, 5) is 12.6. The van der Waals surface area contributed by atoms with E-state index in [1.807, 2.05) is 13.0 Å². The molecule has 0 N–H and O–H groups in total. The van der Waals surface area contributed by atoms with Gasteiger partial charge in [-0.1, -0.05) is 37.6 Å². The van der Waals surface area contributed by atoms with Gasteiger partial charge in [0.25, 0.3) is 0 Å². The third-order valence-corrected chi connectivity index (χ3v) is 3.69.